The summed E-state index contributed by atoms with van der Waals surface area (Å²) in [5.41, 5.74) is -5.14. The van der Waals surface area contributed by atoms with Crippen LogP contribution in [-0.4, -0.2) is 31.9 Å². The van der Waals surface area contributed by atoms with Crippen LogP contribution >= 0.6 is 7.49 Å². The third-order valence-electron chi connectivity index (χ3n) is 4.89. The van der Waals surface area contributed by atoms with Gasteiger partial charge in [-0.05, 0) is 0 Å². The Hall–Kier alpha value is -1.07. The molecule has 0 bridgehead atoms. The van der Waals surface area contributed by atoms with Crippen molar-refractivity contribution in [3.05, 3.63) is 60.2 Å². The SMILES string of the molecule is CCC([Se]C)[P+]1(c2ccccc2)OC(C(F)(F)F)(C(F)(F)F)c2ccccc21. The molecule has 2 aromatic carbocycles. The van der Waals surface area contributed by atoms with Gasteiger partial charge in [-0.2, -0.15) is 0 Å². The normalized spacial score (nSPS) is 22.7. The Balaban J connectivity index is 2.45. The summed E-state index contributed by atoms with van der Waals surface area (Å²) in [6.07, 6.45) is -10.9. The molecule has 2 aromatic rings. The van der Waals surface area contributed by atoms with Crippen LogP contribution < -0.4 is 10.6 Å². The molecule has 2 unspecified atom stereocenters. The first-order chi connectivity index (χ1) is 13.1. The van der Waals surface area contributed by atoms with Gasteiger partial charge in [-0.1, -0.05) is 0 Å². The number of benzene rings is 2. The summed E-state index contributed by atoms with van der Waals surface area (Å²) in [5, 5.41) is 0.458. The number of fused-ring (bicyclic) bond motifs is 1. The Morgan fingerprint density at radius 2 is 1.46 bits per heavy atom. The van der Waals surface area contributed by atoms with Crippen molar-refractivity contribution >= 4 is 33.1 Å². The molecule has 0 N–H and O–H groups in total. The molecule has 1 nitrogen and oxygen atoms in total. The Morgan fingerprint density at radius 1 is 0.929 bits per heavy atom. The average molecular weight is 486 g/mol. The molecule has 0 aromatic heterocycles. The molecule has 9 heteroatoms. The van der Waals surface area contributed by atoms with Crippen molar-refractivity contribution in [3.63, 3.8) is 0 Å². The van der Waals surface area contributed by atoms with Gasteiger partial charge < -0.3 is 0 Å². The minimum absolute atomic E-state index is 0.0476. The number of rotatable bonds is 4. The molecule has 28 heavy (non-hydrogen) atoms. The first-order valence-electron chi connectivity index (χ1n) is 8.47. The van der Waals surface area contributed by atoms with Crippen LogP contribution in [0.2, 0.25) is 5.82 Å². The number of alkyl halides is 6. The summed E-state index contributed by atoms with van der Waals surface area (Å²) in [5.74, 6) is 1.83. The predicted octanol–water partition coefficient (Wildman–Crippen LogP) is 5.41. The van der Waals surface area contributed by atoms with Gasteiger partial charge >= 0.3 is 166 Å². The molecular formula is C19H18F6OPSe+. The van der Waals surface area contributed by atoms with Gasteiger partial charge in [0.15, 0.2) is 0 Å². The Labute approximate surface area is 166 Å². The van der Waals surface area contributed by atoms with Gasteiger partial charge in [-0.3, -0.25) is 0 Å². The van der Waals surface area contributed by atoms with Crippen LogP contribution in [0.5, 0.6) is 0 Å². The quantitative estimate of drug-likeness (QED) is 0.319. The summed E-state index contributed by atoms with van der Waals surface area (Å²) >= 11 is -0.223. The molecule has 0 amide bonds. The number of hydrogen-bond acceptors (Lipinski definition) is 1. The van der Waals surface area contributed by atoms with Crippen LogP contribution in [0, 0.1) is 0 Å². The van der Waals surface area contributed by atoms with Gasteiger partial charge in [0.1, 0.15) is 0 Å². The van der Waals surface area contributed by atoms with E-state index in [1.165, 1.54) is 18.2 Å². The van der Waals surface area contributed by atoms with Crippen LogP contribution in [-0.2, 0) is 10.1 Å². The van der Waals surface area contributed by atoms with E-state index in [0.29, 0.717) is 11.7 Å². The molecule has 0 spiro atoms. The molecule has 2 atom stereocenters. The van der Waals surface area contributed by atoms with E-state index in [0.717, 1.165) is 6.07 Å². The van der Waals surface area contributed by atoms with E-state index in [-0.39, 0.29) is 20.3 Å². The average Bonchev–Trinajstić information content (AvgIpc) is 2.97. The zero-order valence-corrected chi connectivity index (χ0v) is 17.6. The van der Waals surface area contributed by atoms with Crippen LogP contribution in [0.25, 0.3) is 0 Å². The zero-order valence-electron chi connectivity index (χ0n) is 15.0. The molecular weight excluding hydrogens is 468 g/mol. The second kappa shape index (κ2) is 7.32. The second-order valence-corrected chi connectivity index (χ2v) is 12.5. The topological polar surface area (TPSA) is 9.23 Å². The molecule has 0 saturated carbocycles. The molecule has 0 saturated heterocycles. The molecule has 0 fully saturated rings. The number of hydrogen-bond donors (Lipinski definition) is 0. The standard InChI is InChI=1S/C19H18F6OPSe/c1-3-16(28-2)27(13-9-5-4-6-10-13)15-12-8-7-11-14(15)17(26-27,18(20,21)22)19(23,24)25/h4-12,16H,3H2,1-2H3/q+1. The fourth-order valence-electron chi connectivity index (χ4n) is 3.74. The van der Waals surface area contributed by atoms with E-state index in [1.54, 1.807) is 37.3 Å². The summed E-state index contributed by atoms with van der Waals surface area (Å²) < 4.78 is 89.6. The maximum absolute atomic E-state index is 14.1. The molecule has 1 aliphatic heterocycles. The molecule has 1 aliphatic rings. The maximum atomic E-state index is 14.1. The zero-order chi connectivity index (χ0) is 20.8. The Kier molecular flexibility index (Phi) is 5.65. The van der Waals surface area contributed by atoms with E-state index in [2.05, 4.69) is 0 Å². The number of halogens is 6. The van der Waals surface area contributed by atoms with Crippen LogP contribution in [0.1, 0.15) is 18.9 Å². The second-order valence-electron chi connectivity index (χ2n) is 6.38. The van der Waals surface area contributed by atoms with Crippen molar-refractivity contribution in [2.45, 2.75) is 41.7 Å². The van der Waals surface area contributed by atoms with Gasteiger partial charge in [0.25, 0.3) is 0 Å². The molecule has 3 rings (SSSR count). The Bertz CT molecular complexity index is 820. The van der Waals surface area contributed by atoms with Crippen molar-refractivity contribution in [2.24, 2.45) is 0 Å². The van der Waals surface area contributed by atoms with Crippen LogP contribution in [0.4, 0.5) is 26.3 Å². The van der Waals surface area contributed by atoms with Gasteiger partial charge in [0, 0.05) is 0 Å². The third kappa shape index (κ3) is 2.92. The van der Waals surface area contributed by atoms with Crippen LogP contribution in [0.15, 0.2) is 54.6 Å². The Morgan fingerprint density at radius 3 is 1.96 bits per heavy atom. The van der Waals surface area contributed by atoms with E-state index in [9.17, 15) is 26.3 Å². The monoisotopic (exact) mass is 487 g/mol. The van der Waals surface area contributed by atoms with E-state index < -0.39 is 35.6 Å². The summed E-state index contributed by atoms with van der Waals surface area (Å²) in [4.78, 5) is 0. The van der Waals surface area contributed by atoms with Gasteiger partial charge in [-0.15, -0.1) is 0 Å². The molecule has 0 radical (unpaired) electrons. The van der Waals surface area contributed by atoms with Crippen molar-refractivity contribution in [2.75, 3.05) is 0 Å². The first kappa shape index (κ1) is 21.6. The van der Waals surface area contributed by atoms with Gasteiger partial charge in [-0.25, -0.2) is 0 Å². The van der Waals surface area contributed by atoms with Crippen molar-refractivity contribution in [3.8, 4) is 0 Å². The summed E-state index contributed by atoms with van der Waals surface area (Å²) in [7, 11) is -3.43. The molecule has 152 valence electrons. The van der Waals surface area contributed by atoms with Crippen molar-refractivity contribution in [1.29, 1.82) is 0 Å². The van der Waals surface area contributed by atoms with E-state index >= 15 is 0 Å². The summed E-state index contributed by atoms with van der Waals surface area (Å²) in [6, 6.07) is 13.1. The third-order valence-corrected chi connectivity index (χ3v) is 13.6. The van der Waals surface area contributed by atoms with Crippen molar-refractivity contribution in [1.82, 2.24) is 0 Å². The minimum atomic E-state index is -5.64. The van der Waals surface area contributed by atoms with E-state index in [1.807, 2.05) is 5.82 Å². The predicted molar refractivity (Wildman–Crippen MR) is 99.6 cm³/mol. The molecule has 0 aliphatic carbocycles. The molecule has 1 heterocycles. The van der Waals surface area contributed by atoms with Gasteiger partial charge in [0.2, 0.25) is 0 Å². The van der Waals surface area contributed by atoms with Crippen molar-refractivity contribution < 1.29 is 30.9 Å². The summed E-state index contributed by atoms with van der Waals surface area (Å²) in [6.45, 7) is 1.79. The van der Waals surface area contributed by atoms with Gasteiger partial charge in [0.05, 0.1) is 0 Å². The fraction of sp³-hybridized carbons (Fsp3) is 0.368. The van der Waals surface area contributed by atoms with E-state index in [4.69, 9.17) is 4.52 Å². The van der Waals surface area contributed by atoms with Crippen LogP contribution in [0.3, 0.4) is 0 Å². The first-order valence-corrected chi connectivity index (χ1v) is 13.0. The fourth-order valence-corrected chi connectivity index (χ4v) is 12.4.